The fourth-order valence-corrected chi connectivity index (χ4v) is 4.64. The number of hydrogen-bond donors (Lipinski definition) is 1. The topological polar surface area (TPSA) is 75.2 Å². The van der Waals surface area contributed by atoms with Gasteiger partial charge in [0.2, 0.25) is 5.01 Å². The number of anilines is 1. The van der Waals surface area contributed by atoms with Crippen molar-refractivity contribution in [3.8, 4) is 0 Å². The van der Waals surface area contributed by atoms with Gasteiger partial charge in [-0.25, -0.2) is 0 Å². The van der Waals surface area contributed by atoms with E-state index in [-0.39, 0.29) is 17.7 Å². The maximum Gasteiger partial charge on any atom is 0.286 e. The number of aromatic nitrogens is 2. The number of amides is 2. The minimum atomic E-state index is -0.315. The summed E-state index contributed by atoms with van der Waals surface area (Å²) >= 11 is 7.24. The maximum absolute atomic E-state index is 13.0. The zero-order valence-electron chi connectivity index (χ0n) is 16.5. The molecule has 1 aromatic heterocycles. The van der Waals surface area contributed by atoms with Gasteiger partial charge in [0.05, 0.1) is 0 Å². The van der Waals surface area contributed by atoms with Crippen molar-refractivity contribution in [2.24, 2.45) is 0 Å². The molecule has 3 aromatic rings. The van der Waals surface area contributed by atoms with Gasteiger partial charge < -0.3 is 10.2 Å². The van der Waals surface area contributed by atoms with Crippen molar-refractivity contribution in [1.82, 2.24) is 15.1 Å². The van der Waals surface area contributed by atoms with Gasteiger partial charge in [0.15, 0.2) is 0 Å². The number of hydrogen-bond acceptors (Lipinski definition) is 5. The van der Waals surface area contributed by atoms with E-state index in [1.807, 2.05) is 36.1 Å². The second-order valence-corrected chi connectivity index (χ2v) is 8.76. The van der Waals surface area contributed by atoms with Gasteiger partial charge in [-0.2, -0.15) is 0 Å². The number of rotatable bonds is 4. The first-order valence-electron chi connectivity index (χ1n) is 9.76. The number of nitrogens with one attached hydrogen (secondary N) is 1. The summed E-state index contributed by atoms with van der Waals surface area (Å²) in [4.78, 5) is 27.3. The van der Waals surface area contributed by atoms with Crippen LogP contribution in [-0.4, -0.2) is 40.0 Å². The van der Waals surface area contributed by atoms with E-state index in [4.69, 9.17) is 11.6 Å². The first kappa shape index (κ1) is 20.5. The van der Waals surface area contributed by atoms with E-state index >= 15 is 0 Å². The number of piperidine rings is 1. The van der Waals surface area contributed by atoms with E-state index in [0.717, 1.165) is 35.5 Å². The Hall–Kier alpha value is -2.77. The summed E-state index contributed by atoms with van der Waals surface area (Å²) in [6.45, 7) is 3.26. The number of benzene rings is 2. The molecule has 2 aromatic carbocycles. The predicted octanol–water partition coefficient (Wildman–Crippen LogP) is 4.77. The van der Waals surface area contributed by atoms with Crippen molar-refractivity contribution in [2.75, 3.05) is 18.4 Å². The van der Waals surface area contributed by atoms with Gasteiger partial charge in [-0.15, -0.1) is 10.2 Å². The zero-order valence-corrected chi connectivity index (χ0v) is 18.0. The highest BCUT2D eigenvalue weighted by molar-refractivity contribution is 7.13. The number of halogens is 1. The largest absolute Gasteiger partial charge is 0.338 e. The van der Waals surface area contributed by atoms with Gasteiger partial charge in [-0.05, 0) is 49.6 Å². The lowest BCUT2D eigenvalue weighted by Crippen LogP contribution is -2.39. The van der Waals surface area contributed by atoms with E-state index in [2.05, 4.69) is 15.5 Å². The molecule has 0 saturated carbocycles. The van der Waals surface area contributed by atoms with Gasteiger partial charge in [0.1, 0.15) is 5.01 Å². The standard InChI is InChI=1S/C22H21ClN4O2S/c1-14-6-2-3-10-18(14)22(29)27-11-5-7-15(13-27)20-25-26-21(30-20)19(28)24-17-9-4-8-16(23)12-17/h2-4,6,8-10,12,15H,5,7,11,13H2,1H3,(H,24,28)/t15-/m0/s1. The van der Waals surface area contributed by atoms with Crippen LogP contribution in [0.2, 0.25) is 5.02 Å². The Morgan fingerprint density at radius 1 is 1.17 bits per heavy atom. The fraction of sp³-hybridized carbons (Fsp3) is 0.273. The average Bonchev–Trinajstić information content (AvgIpc) is 3.24. The monoisotopic (exact) mass is 440 g/mol. The summed E-state index contributed by atoms with van der Waals surface area (Å²) in [5, 5.41) is 12.7. The predicted molar refractivity (Wildman–Crippen MR) is 118 cm³/mol. The van der Waals surface area contributed by atoms with Crippen LogP contribution in [0.4, 0.5) is 5.69 Å². The summed E-state index contributed by atoms with van der Waals surface area (Å²) in [6, 6.07) is 14.6. The van der Waals surface area contributed by atoms with Gasteiger partial charge in [-0.3, -0.25) is 9.59 Å². The first-order valence-corrected chi connectivity index (χ1v) is 11.0. The van der Waals surface area contributed by atoms with Crippen molar-refractivity contribution in [3.05, 3.63) is 74.7 Å². The minimum absolute atomic E-state index is 0.0428. The number of nitrogens with zero attached hydrogens (tertiary/aromatic N) is 3. The zero-order chi connectivity index (χ0) is 21.1. The molecule has 1 aliphatic heterocycles. The Morgan fingerprint density at radius 3 is 2.80 bits per heavy atom. The average molecular weight is 441 g/mol. The molecule has 0 unspecified atom stereocenters. The van der Waals surface area contributed by atoms with Crippen LogP contribution < -0.4 is 5.32 Å². The quantitative estimate of drug-likeness (QED) is 0.633. The molecule has 1 fully saturated rings. The molecule has 8 heteroatoms. The Balaban J connectivity index is 1.44. The second kappa shape index (κ2) is 8.93. The van der Waals surface area contributed by atoms with Crippen molar-refractivity contribution in [2.45, 2.75) is 25.7 Å². The molecular weight excluding hydrogens is 420 g/mol. The number of likely N-dealkylation sites (tertiary alicyclic amines) is 1. The van der Waals surface area contributed by atoms with Crippen LogP contribution in [0.25, 0.3) is 0 Å². The van der Waals surface area contributed by atoms with Crippen LogP contribution >= 0.6 is 22.9 Å². The Morgan fingerprint density at radius 2 is 2.00 bits per heavy atom. The Bertz CT molecular complexity index is 1080. The lowest BCUT2D eigenvalue weighted by molar-refractivity contribution is 0.0706. The normalized spacial score (nSPS) is 16.3. The van der Waals surface area contributed by atoms with Gasteiger partial charge in [0, 0.05) is 35.3 Å². The summed E-state index contributed by atoms with van der Waals surface area (Å²) in [7, 11) is 0. The third kappa shape index (κ3) is 4.52. The molecule has 1 N–H and O–H groups in total. The van der Waals surface area contributed by atoms with Crippen molar-refractivity contribution in [3.63, 3.8) is 0 Å². The Labute approximate surface area is 183 Å². The van der Waals surface area contributed by atoms with E-state index in [1.54, 1.807) is 24.3 Å². The molecule has 6 nitrogen and oxygen atoms in total. The molecular formula is C22H21ClN4O2S. The second-order valence-electron chi connectivity index (χ2n) is 7.32. The van der Waals surface area contributed by atoms with Crippen LogP contribution in [-0.2, 0) is 0 Å². The molecule has 30 heavy (non-hydrogen) atoms. The third-order valence-electron chi connectivity index (χ3n) is 5.15. The summed E-state index contributed by atoms with van der Waals surface area (Å²) in [5.74, 6) is -0.192. The number of aryl methyl sites for hydroxylation is 1. The fourth-order valence-electron chi connectivity index (χ4n) is 3.59. The molecule has 154 valence electrons. The lowest BCUT2D eigenvalue weighted by Gasteiger charge is -2.32. The smallest absolute Gasteiger partial charge is 0.286 e. The molecule has 1 atom stereocenters. The highest BCUT2D eigenvalue weighted by atomic mass is 35.5. The summed E-state index contributed by atoms with van der Waals surface area (Å²) in [6.07, 6.45) is 1.81. The highest BCUT2D eigenvalue weighted by Crippen LogP contribution is 2.30. The number of carbonyl (C=O) groups excluding carboxylic acids is 2. The van der Waals surface area contributed by atoms with E-state index in [0.29, 0.717) is 22.3 Å². The van der Waals surface area contributed by atoms with Gasteiger partial charge >= 0.3 is 0 Å². The van der Waals surface area contributed by atoms with E-state index in [9.17, 15) is 9.59 Å². The third-order valence-corrected chi connectivity index (χ3v) is 6.47. The van der Waals surface area contributed by atoms with Crippen molar-refractivity contribution >= 4 is 40.4 Å². The van der Waals surface area contributed by atoms with Crippen LogP contribution in [0.15, 0.2) is 48.5 Å². The summed E-state index contributed by atoms with van der Waals surface area (Å²) in [5.41, 5.74) is 2.31. The summed E-state index contributed by atoms with van der Waals surface area (Å²) < 4.78 is 0. The van der Waals surface area contributed by atoms with E-state index < -0.39 is 0 Å². The molecule has 4 rings (SSSR count). The molecule has 1 aliphatic rings. The molecule has 0 bridgehead atoms. The Kier molecular flexibility index (Phi) is 6.11. The molecule has 2 amide bonds. The molecule has 0 aliphatic carbocycles. The molecule has 0 radical (unpaired) electrons. The first-order chi connectivity index (χ1) is 14.5. The van der Waals surface area contributed by atoms with E-state index in [1.165, 1.54) is 11.3 Å². The van der Waals surface area contributed by atoms with Crippen molar-refractivity contribution < 1.29 is 9.59 Å². The van der Waals surface area contributed by atoms with Crippen LogP contribution in [0, 0.1) is 6.92 Å². The molecule has 1 saturated heterocycles. The van der Waals surface area contributed by atoms with Gasteiger partial charge in [-0.1, -0.05) is 47.2 Å². The van der Waals surface area contributed by atoms with Gasteiger partial charge in [0.25, 0.3) is 11.8 Å². The molecule has 2 heterocycles. The maximum atomic E-state index is 13.0. The van der Waals surface area contributed by atoms with Crippen LogP contribution in [0.5, 0.6) is 0 Å². The highest BCUT2D eigenvalue weighted by Gasteiger charge is 2.29. The SMILES string of the molecule is Cc1ccccc1C(=O)N1CCC[C@H](c2nnc(C(=O)Nc3cccc(Cl)c3)s2)C1. The van der Waals surface area contributed by atoms with Crippen molar-refractivity contribution in [1.29, 1.82) is 0 Å². The number of carbonyl (C=O) groups is 2. The molecule has 0 spiro atoms. The van der Waals surface area contributed by atoms with Crippen LogP contribution in [0.1, 0.15) is 49.5 Å². The lowest BCUT2D eigenvalue weighted by atomic mass is 9.97. The minimum Gasteiger partial charge on any atom is -0.338 e. The van der Waals surface area contributed by atoms with Crippen LogP contribution in [0.3, 0.4) is 0 Å².